The van der Waals surface area contributed by atoms with E-state index in [2.05, 4.69) is 5.16 Å². The molecule has 0 bridgehead atoms. The Hall–Kier alpha value is -1.90. The van der Waals surface area contributed by atoms with E-state index in [0.29, 0.717) is 12.0 Å². The molecule has 0 aromatic rings. The molecule has 14 heavy (non-hydrogen) atoms. The lowest BCUT2D eigenvalue weighted by Gasteiger charge is -2.05. The maximum Gasteiger partial charge on any atom is 0.231 e. The summed E-state index contributed by atoms with van der Waals surface area (Å²) < 4.78 is 0. The molecule has 0 aromatic carbocycles. The van der Waals surface area contributed by atoms with Crippen LogP contribution >= 0.6 is 0 Å². The van der Waals surface area contributed by atoms with Crippen molar-refractivity contribution >= 4 is 5.71 Å². The molecule has 0 aliphatic rings. The van der Waals surface area contributed by atoms with E-state index in [4.69, 9.17) is 10.5 Å². The second-order valence-electron chi connectivity index (χ2n) is 2.63. The van der Waals surface area contributed by atoms with Crippen LogP contribution in [0.3, 0.4) is 0 Å². The van der Waals surface area contributed by atoms with Crippen LogP contribution in [-0.4, -0.2) is 21.9 Å². The minimum atomic E-state index is -0.870. The van der Waals surface area contributed by atoms with E-state index in [0.717, 1.165) is 0 Å². The molecule has 0 spiro atoms. The van der Waals surface area contributed by atoms with Crippen molar-refractivity contribution < 1.29 is 10.1 Å². The highest BCUT2D eigenvalue weighted by Crippen LogP contribution is 2.09. The standard InChI is InChI=1S/C8H11N3O3/c1-3-7(6(2)11(13)14)4-8(5-9)10-12/h4,6,12H,3H2,1-2H3. The summed E-state index contributed by atoms with van der Waals surface area (Å²) in [6.07, 6.45) is 1.66. The van der Waals surface area contributed by atoms with E-state index in [-0.39, 0.29) is 5.71 Å². The molecule has 0 amide bonds. The molecular formula is C8H11N3O3. The molecule has 0 aromatic heterocycles. The first-order chi connectivity index (χ1) is 6.56. The van der Waals surface area contributed by atoms with Crippen molar-refractivity contribution in [3.63, 3.8) is 0 Å². The number of rotatable bonds is 4. The maximum absolute atomic E-state index is 10.4. The van der Waals surface area contributed by atoms with Gasteiger partial charge in [-0.1, -0.05) is 12.1 Å². The first-order valence-corrected chi connectivity index (χ1v) is 4.02. The Balaban J connectivity index is 4.90. The molecule has 0 aliphatic heterocycles. The third-order valence-electron chi connectivity index (χ3n) is 1.81. The fraction of sp³-hybridized carbons (Fsp3) is 0.500. The zero-order valence-electron chi connectivity index (χ0n) is 7.97. The van der Waals surface area contributed by atoms with Crippen LogP contribution in [0, 0.1) is 21.4 Å². The van der Waals surface area contributed by atoms with E-state index in [9.17, 15) is 10.1 Å². The lowest BCUT2D eigenvalue weighted by Crippen LogP contribution is -2.18. The first kappa shape index (κ1) is 12.1. The molecule has 1 unspecified atom stereocenters. The first-order valence-electron chi connectivity index (χ1n) is 4.02. The van der Waals surface area contributed by atoms with Crippen LogP contribution in [0.4, 0.5) is 0 Å². The summed E-state index contributed by atoms with van der Waals surface area (Å²) in [6, 6.07) is 0.741. The second-order valence-corrected chi connectivity index (χ2v) is 2.63. The molecule has 76 valence electrons. The van der Waals surface area contributed by atoms with Crippen LogP contribution in [0.15, 0.2) is 16.8 Å². The molecule has 1 N–H and O–H groups in total. The average Bonchev–Trinajstić information content (AvgIpc) is 2.19. The Morgan fingerprint density at radius 3 is 2.71 bits per heavy atom. The fourth-order valence-corrected chi connectivity index (χ4v) is 0.913. The van der Waals surface area contributed by atoms with Gasteiger partial charge >= 0.3 is 0 Å². The minimum absolute atomic E-state index is 0.226. The van der Waals surface area contributed by atoms with Gasteiger partial charge < -0.3 is 5.21 Å². The zero-order chi connectivity index (χ0) is 11.1. The Labute approximate surface area is 81.3 Å². The van der Waals surface area contributed by atoms with Gasteiger partial charge in [0.15, 0.2) is 5.71 Å². The van der Waals surface area contributed by atoms with Crippen LogP contribution in [0.2, 0.25) is 0 Å². The molecular weight excluding hydrogens is 186 g/mol. The highest BCUT2D eigenvalue weighted by atomic mass is 16.6. The van der Waals surface area contributed by atoms with Crippen molar-refractivity contribution in [2.24, 2.45) is 5.16 Å². The molecule has 1 atom stereocenters. The van der Waals surface area contributed by atoms with Gasteiger partial charge in [0.2, 0.25) is 6.04 Å². The quantitative estimate of drug-likeness (QED) is 0.318. The predicted molar refractivity (Wildman–Crippen MR) is 49.7 cm³/mol. The van der Waals surface area contributed by atoms with Crippen molar-refractivity contribution in [1.29, 1.82) is 5.26 Å². The van der Waals surface area contributed by atoms with E-state index in [1.807, 2.05) is 0 Å². The van der Waals surface area contributed by atoms with Gasteiger partial charge in [0.05, 0.1) is 0 Å². The minimum Gasteiger partial charge on any atom is -0.410 e. The summed E-state index contributed by atoms with van der Waals surface area (Å²) in [4.78, 5) is 9.98. The Morgan fingerprint density at radius 2 is 2.43 bits per heavy atom. The maximum atomic E-state index is 10.4. The number of nitrogens with zero attached hydrogens (tertiary/aromatic N) is 3. The normalized spacial score (nSPS) is 14.6. The third kappa shape index (κ3) is 3.23. The van der Waals surface area contributed by atoms with Crippen LogP contribution in [0.1, 0.15) is 20.3 Å². The molecule has 0 heterocycles. The van der Waals surface area contributed by atoms with Crippen LogP contribution in [-0.2, 0) is 0 Å². The van der Waals surface area contributed by atoms with Crippen molar-refractivity contribution in [1.82, 2.24) is 0 Å². The largest absolute Gasteiger partial charge is 0.410 e. The molecule has 0 saturated carbocycles. The number of allylic oxidation sites excluding steroid dienone is 1. The summed E-state index contributed by atoms with van der Waals surface area (Å²) in [7, 11) is 0. The van der Waals surface area contributed by atoms with Crippen molar-refractivity contribution in [2.75, 3.05) is 0 Å². The molecule has 6 nitrogen and oxygen atoms in total. The number of oxime groups is 1. The van der Waals surface area contributed by atoms with Gasteiger partial charge in [0, 0.05) is 17.4 Å². The number of hydrogen-bond donors (Lipinski definition) is 1. The lowest BCUT2D eigenvalue weighted by molar-refractivity contribution is -0.507. The van der Waals surface area contributed by atoms with Gasteiger partial charge in [0.1, 0.15) is 6.07 Å². The molecule has 6 heteroatoms. The third-order valence-corrected chi connectivity index (χ3v) is 1.81. The molecule has 0 saturated heterocycles. The highest BCUT2D eigenvalue weighted by molar-refractivity contribution is 6.07. The van der Waals surface area contributed by atoms with Crippen LogP contribution < -0.4 is 0 Å². The predicted octanol–water partition coefficient (Wildman–Crippen LogP) is 1.34. The van der Waals surface area contributed by atoms with E-state index in [1.165, 1.54) is 13.0 Å². The van der Waals surface area contributed by atoms with Crippen molar-refractivity contribution in [3.05, 3.63) is 21.8 Å². The van der Waals surface area contributed by atoms with Gasteiger partial charge in [-0.15, -0.1) is 0 Å². The highest BCUT2D eigenvalue weighted by Gasteiger charge is 2.17. The summed E-state index contributed by atoms with van der Waals surface area (Å²) in [6.45, 7) is 3.15. The lowest BCUT2D eigenvalue weighted by atomic mass is 10.1. The molecule has 0 radical (unpaired) electrons. The van der Waals surface area contributed by atoms with Crippen LogP contribution in [0.25, 0.3) is 0 Å². The van der Waals surface area contributed by atoms with Gasteiger partial charge in [-0.05, 0) is 12.5 Å². The smallest absolute Gasteiger partial charge is 0.231 e. The van der Waals surface area contributed by atoms with E-state index >= 15 is 0 Å². The van der Waals surface area contributed by atoms with E-state index < -0.39 is 11.0 Å². The number of nitro groups is 1. The second kappa shape index (κ2) is 5.70. The SMILES string of the molecule is CCC(=CC(C#N)=NO)C(C)[N+](=O)[O-]. The Bertz CT molecular complexity index is 314. The summed E-state index contributed by atoms with van der Waals surface area (Å²) >= 11 is 0. The number of nitriles is 1. The summed E-state index contributed by atoms with van der Waals surface area (Å²) in [5, 5.41) is 29.9. The molecule has 0 aliphatic carbocycles. The van der Waals surface area contributed by atoms with Crippen molar-refractivity contribution in [3.8, 4) is 6.07 Å². The number of hydrogen-bond acceptors (Lipinski definition) is 5. The van der Waals surface area contributed by atoms with E-state index in [1.54, 1.807) is 13.0 Å². The topological polar surface area (TPSA) is 99.5 Å². The fourth-order valence-electron chi connectivity index (χ4n) is 0.913. The van der Waals surface area contributed by atoms with Crippen molar-refractivity contribution in [2.45, 2.75) is 26.3 Å². The summed E-state index contributed by atoms with van der Waals surface area (Å²) in [5.74, 6) is 0. The zero-order valence-corrected chi connectivity index (χ0v) is 7.97. The van der Waals surface area contributed by atoms with Crippen LogP contribution in [0.5, 0.6) is 0 Å². The Morgan fingerprint density at radius 1 is 1.86 bits per heavy atom. The monoisotopic (exact) mass is 197 g/mol. The molecule has 0 rings (SSSR count). The molecule has 0 fully saturated rings. The summed E-state index contributed by atoms with van der Waals surface area (Å²) in [5.41, 5.74) is 0.222. The van der Waals surface area contributed by atoms with Gasteiger partial charge in [-0.2, -0.15) is 5.26 Å². The Kier molecular flexibility index (Phi) is 4.92. The van der Waals surface area contributed by atoms with Gasteiger partial charge in [-0.25, -0.2) is 0 Å². The van der Waals surface area contributed by atoms with Gasteiger partial charge in [0.25, 0.3) is 0 Å². The average molecular weight is 197 g/mol. The van der Waals surface area contributed by atoms with Gasteiger partial charge in [-0.3, -0.25) is 10.1 Å².